The van der Waals surface area contributed by atoms with Crippen molar-refractivity contribution < 1.29 is 19.1 Å². The van der Waals surface area contributed by atoms with Crippen molar-refractivity contribution in [2.24, 2.45) is 5.92 Å². The highest BCUT2D eigenvalue weighted by molar-refractivity contribution is 6.30. The number of nitrogens with zero attached hydrogens (tertiary/aromatic N) is 2. The molecular weight excluding hydrogens is 560 g/mol. The van der Waals surface area contributed by atoms with Crippen LogP contribution in [0.2, 0.25) is 5.02 Å². The molecule has 1 saturated carbocycles. The van der Waals surface area contributed by atoms with E-state index in [2.05, 4.69) is 26.0 Å². The van der Waals surface area contributed by atoms with Crippen LogP contribution in [-0.4, -0.2) is 36.5 Å². The number of ether oxygens (including phenoxy) is 2. The summed E-state index contributed by atoms with van der Waals surface area (Å²) in [4.78, 5) is 30.4. The number of amides is 2. The lowest BCUT2D eigenvalue weighted by molar-refractivity contribution is -0.131. The van der Waals surface area contributed by atoms with E-state index in [4.69, 9.17) is 21.1 Å². The molecule has 0 bridgehead atoms. The van der Waals surface area contributed by atoms with Crippen LogP contribution in [-0.2, 0) is 16.0 Å². The van der Waals surface area contributed by atoms with Gasteiger partial charge in [-0.05, 0) is 97.7 Å². The molecule has 0 saturated heterocycles. The third-order valence-corrected chi connectivity index (χ3v) is 9.38. The van der Waals surface area contributed by atoms with Gasteiger partial charge in [0.05, 0.1) is 31.7 Å². The Bertz CT molecular complexity index is 1430. The first-order valence-electron chi connectivity index (χ1n) is 15.5. The van der Waals surface area contributed by atoms with Crippen molar-refractivity contribution in [3.05, 3.63) is 87.9 Å². The molecule has 0 N–H and O–H groups in total. The van der Waals surface area contributed by atoms with E-state index in [0.717, 1.165) is 40.9 Å². The molecule has 3 aromatic carbocycles. The minimum atomic E-state index is -0.377. The van der Waals surface area contributed by atoms with Crippen molar-refractivity contribution >= 4 is 29.1 Å². The molecule has 2 unspecified atom stereocenters. The van der Waals surface area contributed by atoms with Crippen LogP contribution in [0.3, 0.4) is 0 Å². The molecule has 1 heterocycles. The van der Waals surface area contributed by atoms with Gasteiger partial charge in [-0.25, -0.2) is 0 Å². The lowest BCUT2D eigenvalue weighted by atomic mass is 9.86. The van der Waals surface area contributed by atoms with E-state index in [1.54, 1.807) is 14.0 Å². The molecule has 3 atom stereocenters. The van der Waals surface area contributed by atoms with E-state index < -0.39 is 0 Å². The smallest absolute Gasteiger partial charge is 0.232 e. The average molecular weight is 603 g/mol. The maximum Gasteiger partial charge on any atom is 0.232 e. The Hall–Kier alpha value is -3.51. The van der Waals surface area contributed by atoms with Crippen molar-refractivity contribution in [2.75, 3.05) is 18.6 Å². The SMILES string of the molecule is CC[C@@H](C)Oc1cc2c(cc1OC)CC(=O)N(c1ccc(C(C)N(CC3CCCC3)C(C)=O)cc1)C2c1ccc(Cl)cc1. The molecule has 0 radical (unpaired) electrons. The van der Waals surface area contributed by atoms with Gasteiger partial charge >= 0.3 is 0 Å². The minimum Gasteiger partial charge on any atom is -0.493 e. The van der Waals surface area contributed by atoms with Gasteiger partial charge in [0.2, 0.25) is 11.8 Å². The number of carbonyl (C=O) groups excluding carboxylic acids is 2. The van der Waals surface area contributed by atoms with Crippen LogP contribution >= 0.6 is 11.6 Å². The number of rotatable bonds is 10. The highest BCUT2D eigenvalue weighted by atomic mass is 35.5. The third-order valence-electron chi connectivity index (χ3n) is 9.13. The number of benzene rings is 3. The van der Waals surface area contributed by atoms with Gasteiger partial charge in [0, 0.05) is 24.2 Å². The Morgan fingerprint density at radius 1 is 1.02 bits per heavy atom. The number of halogens is 1. The summed E-state index contributed by atoms with van der Waals surface area (Å²) < 4.78 is 12.0. The first kappa shape index (κ1) is 30.9. The van der Waals surface area contributed by atoms with Crippen LogP contribution in [0, 0.1) is 5.92 Å². The summed E-state index contributed by atoms with van der Waals surface area (Å²) in [5, 5.41) is 0.638. The van der Waals surface area contributed by atoms with Crippen LogP contribution in [0.5, 0.6) is 11.5 Å². The topological polar surface area (TPSA) is 59.1 Å². The van der Waals surface area contributed by atoms with E-state index in [9.17, 15) is 9.59 Å². The number of carbonyl (C=O) groups is 2. The molecule has 1 fully saturated rings. The molecule has 2 amide bonds. The molecule has 228 valence electrons. The van der Waals surface area contributed by atoms with Crippen molar-refractivity contribution in [3.8, 4) is 11.5 Å². The molecule has 3 aromatic rings. The second-order valence-corrected chi connectivity index (χ2v) is 12.5. The van der Waals surface area contributed by atoms with E-state index in [0.29, 0.717) is 22.4 Å². The fourth-order valence-electron chi connectivity index (χ4n) is 6.50. The quantitative estimate of drug-likeness (QED) is 0.234. The summed E-state index contributed by atoms with van der Waals surface area (Å²) in [7, 11) is 1.63. The summed E-state index contributed by atoms with van der Waals surface area (Å²) in [6, 6.07) is 19.3. The second-order valence-electron chi connectivity index (χ2n) is 12.0. The van der Waals surface area contributed by atoms with Gasteiger partial charge in [-0.1, -0.05) is 55.6 Å². The maximum absolute atomic E-state index is 13.9. The molecule has 7 heteroatoms. The molecule has 1 aliphatic carbocycles. The molecule has 43 heavy (non-hydrogen) atoms. The van der Waals surface area contributed by atoms with E-state index in [1.807, 2.05) is 65.3 Å². The molecule has 6 nitrogen and oxygen atoms in total. The van der Waals surface area contributed by atoms with Gasteiger partial charge < -0.3 is 19.3 Å². The van der Waals surface area contributed by atoms with E-state index in [1.165, 1.54) is 25.7 Å². The number of methoxy groups -OCH3 is 1. The molecule has 5 rings (SSSR count). The standard InChI is InChI=1S/C36H43ClN2O4/c1-6-23(2)43-34-21-32-29(19-33(34)42-5)20-35(41)39(36(32)28-11-15-30(37)16-12-28)31-17-13-27(14-18-31)24(3)38(25(4)40)22-26-9-7-8-10-26/h11-19,21,23-24,26,36H,6-10,20,22H2,1-5H3/t23-,24?,36?/m1/s1. The summed E-state index contributed by atoms with van der Waals surface area (Å²) in [5.41, 5.74) is 4.73. The third kappa shape index (κ3) is 6.70. The van der Waals surface area contributed by atoms with Crippen LogP contribution < -0.4 is 14.4 Å². The first-order valence-corrected chi connectivity index (χ1v) is 15.9. The monoisotopic (exact) mass is 602 g/mol. The Morgan fingerprint density at radius 2 is 1.70 bits per heavy atom. The normalized spacial score (nSPS) is 18.2. The van der Waals surface area contributed by atoms with Crippen LogP contribution in [0.4, 0.5) is 5.69 Å². The maximum atomic E-state index is 13.9. The molecule has 0 aromatic heterocycles. The summed E-state index contributed by atoms with van der Waals surface area (Å²) in [5.74, 6) is 1.96. The predicted octanol–water partition coefficient (Wildman–Crippen LogP) is 8.30. The number of anilines is 1. The number of hydrogen-bond acceptors (Lipinski definition) is 4. The van der Waals surface area contributed by atoms with Crippen molar-refractivity contribution in [1.82, 2.24) is 4.90 Å². The number of hydrogen-bond donors (Lipinski definition) is 0. The molecule has 0 spiro atoms. The lowest BCUT2D eigenvalue weighted by Crippen LogP contribution is -2.41. The molecular formula is C36H43ClN2O4. The highest BCUT2D eigenvalue weighted by Gasteiger charge is 2.36. The predicted molar refractivity (Wildman–Crippen MR) is 172 cm³/mol. The van der Waals surface area contributed by atoms with Gasteiger partial charge in [-0.2, -0.15) is 0 Å². The fourth-order valence-corrected chi connectivity index (χ4v) is 6.62. The second kappa shape index (κ2) is 13.4. The van der Waals surface area contributed by atoms with Gasteiger partial charge in [-0.15, -0.1) is 0 Å². The Balaban J connectivity index is 1.52. The Kier molecular flexibility index (Phi) is 9.65. The minimum absolute atomic E-state index is 0.00232. The summed E-state index contributed by atoms with van der Waals surface area (Å²) >= 11 is 6.27. The van der Waals surface area contributed by atoms with Crippen LogP contribution in [0.1, 0.15) is 94.1 Å². The Morgan fingerprint density at radius 3 is 2.30 bits per heavy atom. The summed E-state index contributed by atoms with van der Waals surface area (Å²) in [6.45, 7) is 8.67. The zero-order valence-electron chi connectivity index (χ0n) is 25.9. The zero-order valence-corrected chi connectivity index (χ0v) is 26.7. The van der Waals surface area contributed by atoms with Crippen molar-refractivity contribution in [2.45, 2.75) is 84.4 Å². The van der Waals surface area contributed by atoms with Crippen molar-refractivity contribution in [1.29, 1.82) is 0 Å². The zero-order chi connectivity index (χ0) is 30.7. The molecule has 2 aliphatic rings. The Labute approximate surface area is 260 Å². The van der Waals surface area contributed by atoms with Crippen LogP contribution in [0.25, 0.3) is 0 Å². The lowest BCUT2D eigenvalue weighted by Gasteiger charge is -2.38. The largest absolute Gasteiger partial charge is 0.493 e. The van der Waals surface area contributed by atoms with Gasteiger partial charge in [0.15, 0.2) is 11.5 Å². The molecule has 1 aliphatic heterocycles. The fraction of sp³-hybridized carbons (Fsp3) is 0.444. The van der Waals surface area contributed by atoms with E-state index in [-0.39, 0.29) is 36.4 Å². The number of fused-ring (bicyclic) bond motifs is 1. The first-order chi connectivity index (χ1) is 20.7. The van der Waals surface area contributed by atoms with Gasteiger partial charge in [0.1, 0.15) is 0 Å². The average Bonchev–Trinajstić information content (AvgIpc) is 3.52. The van der Waals surface area contributed by atoms with Gasteiger partial charge in [0.25, 0.3) is 0 Å². The van der Waals surface area contributed by atoms with Crippen LogP contribution in [0.15, 0.2) is 60.7 Å². The van der Waals surface area contributed by atoms with Gasteiger partial charge in [-0.3, -0.25) is 9.59 Å². The van der Waals surface area contributed by atoms with E-state index >= 15 is 0 Å². The highest BCUT2D eigenvalue weighted by Crippen LogP contribution is 2.44. The summed E-state index contributed by atoms with van der Waals surface area (Å²) in [6.07, 6.45) is 6.00. The van der Waals surface area contributed by atoms with Crippen molar-refractivity contribution in [3.63, 3.8) is 0 Å².